The average Bonchev–Trinajstić information content (AvgIpc) is 3.27. The number of anilines is 1. The van der Waals surface area contributed by atoms with Crippen LogP contribution in [0.25, 0.3) is 0 Å². The van der Waals surface area contributed by atoms with Gasteiger partial charge in [0.1, 0.15) is 6.04 Å². The van der Waals surface area contributed by atoms with Crippen LogP contribution in [0.5, 0.6) is 0 Å². The highest BCUT2D eigenvalue weighted by Crippen LogP contribution is 2.26. The number of nitrogens with zero attached hydrogens (tertiary/aromatic N) is 1. The smallest absolute Gasteiger partial charge is 0.264 e. The number of thiophene rings is 1. The molecule has 3 rings (SSSR count). The number of rotatable bonds is 4. The lowest BCUT2D eigenvalue weighted by Crippen LogP contribution is -2.43. The normalized spacial score (nSPS) is 17.1. The average molecular weight is 342 g/mol. The number of hydrogen-bond acceptors (Lipinski definition) is 3. The van der Waals surface area contributed by atoms with Crippen molar-refractivity contribution in [1.82, 2.24) is 4.90 Å². The molecule has 1 aromatic heterocycles. The minimum absolute atomic E-state index is 0.0388. The van der Waals surface area contributed by atoms with Gasteiger partial charge in [-0.3, -0.25) is 9.59 Å². The SMILES string of the molecule is CCc1cccc(C)c1NC(=O)C1CCCN1C(=O)c1cccs1. The van der Waals surface area contributed by atoms with E-state index < -0.39 is 0 Å². The fraction of sp³-hybridized carbons (Fsp3) is 0.368. The maximum atomic E-state index is 12.8. The number of likely N-dealkylation sites (tertiary alicyclic amines) is 1. The van der Waals surface area contributed by atoms with Crippen LogP contribution in [0.3, 0.4) is 0 Å². The Morgan fingerprint density at radius 1 is 1.29 bits per heavy atom. The first-order valence-corrected chi connectivity index (χ1v) is 9.23. The molecule has 1 aromatic carbocycles. The number of para-hydroxylation sites is 1. The van der Waals surface area contributed by atoms with E-state index in [0.717, 1.165) is 36.1 Å². The predicted octanol–water partition coefficient (Wildman–Crippen LogP) is 3.86. The van der Waals surface area contributed by atoms with Gasteiger partial charge in [0, 0.05) is 12.2 Å². The molecule has 1 aliphatic rings. The first kappa shape index (κ1) is 16.7. The van der Waals surface area contributed by atoms with Gasteiger partial charge in [0.2, 0.25) is 5.91 Å². The van der Waals surface area contributed by atoms with Crippen LogP contribution in [0, 0.1) is 6.92 Å². The highest BCUT2D eigenvalue weighted by Gasteiger charge is 2.35. The van der Waals surface area contributed by atoms with Crippen molar-refractivity contribution < 1.29 is 9.59 Å². The van der Waals surface area contributed by atoms with Gasteiger partial charge in [-0.25, -0.2) is 0 Å². The van der Waals surface area contributed by atoms with Gasteiger partial charge in [-0.05, 0) is 48.8 Å². The summed E-state index contributed by atoms with van der Waals surface area (Å²) in [7, 11) is 0. The Bertz CT molecular complexity index is 740. The number of aryl methyl sites for hydroxylation is 2. The maximum Gasteiger partial charge on any atom is 0.264 e. The van der Waals surface area contributed by atoms with Gasteiger partial charge in [0.05, 0.1) is 4.88 Å². The zero-order valence-electron chi connectivity index (χ0n) is 14.0. The predicted molar refractivity (Wildman–Crippen MR) is 97.6 cm³/mol. The van der Waals surface area contributed by atoms with Gasteiger partial charge in [-0.2, -0.15) is 0 Å². The first-order valence-electron chi connectivity index (χ1n) is 8.35. The van der Waals surface area contributed by atoms with E-state index in [9.17, 15) is 9.59 Å². The van der Waals surface area contributed by atoms with Crippen LogP contribution in [0.4, 0.5) is 5.69 Å². The molecule has 5 heteroatoms. The first-order chi connectivity index (χ1) is 11.6. The molecule has 126 valence electrons. The van der Waals surface area contributed by atoms with Gasteiger partial charge in [0.15, 0.2) is 0 Å². The Morgan fingerprint density at radius 3 is 2.83 bits per heavy atom. The molecular weight excluding hydrogens is 320 g/mol. The molecule has 0 aliphatic carbocycles. The molecule has 1 fully saturated rings. The molecule has 1 saturated heterocycles. The third kappa shape index (κ3) is 3.22. The van der Waals surface area contributed by atoms with E-state index in [-0.39, 0.29) is 17.9 Å². The Balaban J connectivity index is 1.78. The number of carbonyl (C=O) groups is 2. The molecule has 4 nitrogen and oxygen atoms in total. The van der Waals surface area contributed by atoms with Crippen molar-refractivity contribution in [2.45, 2.75) is 39.2 Å². The van der Waals surface area contributed by atoms with Gasteiger partial charge in [0.25, 0.3) is 5.91 Å². The van der Waals surface area contributed by atoms with E-state index in [1.54, 1.807) is 4.90 Å². The highest BCUT2D eigenvalue weighted by atomic mass is 32.1. The summed E-state index contributed by atoms with van der Waals surface area (Å²) in [4.78, 5) is 27.8. The van der Waals surface area contributed by atoms with Crippen LogP contribution >= 0.6 is 11.3 Å². The number of benzene rings is 1. The molecule has 1 N–H and O–H groups in total. The van der Waals surface area contributed by atoms with E-state index in [4.69, 9.17) is 0 Å². The van der Waals surface area contributed by atoms with Gasteiger partial charge in [-0.15, -0.1) is 11.3 Å². The van der Waals surface area contributed by atoms with Crippen LogP contribution in [0.15, 0.2) is 35.7 Å². The number of amides is 2. The quantitative estimate of drug-likeness (QED) is 0.917. The fourth-order valence-electron chi connectivity index (χ4n) is 3.23. The summed E-state index contributed by atoms with van der Waals surface area (Å²) in [6, 6.07) is 9.33. The minimum Gasteiger partial charge on any atom is -0.326 e. The van der Waals surface area contributed by atoms with Crippen LogP contribution in [-0.2, 0) is 11.2 Å². The number of carbonyl (C=O) groups excluding carboxylic acids is 2. The van der Waals surface area contributed by atoms with Crippen molar-refractivity contribution in [2.24, 2.45) is 0 Å². The maximum absolute atomic E-state index is 12.8. The zero-order valence-corrected chi connectivity index (χ0v) is 14.9. The van der Waals surface area contributed by atoms with Crippen molar-refractivity contribution in [2.75, 3.05) is 11.9 Å². The summed E-state index contributed by atoms with van der Waals surface area (Å²) in [6.45, 7) is 4.72. The monoisotopic (exact) mass is 342 g/mol. The van der Waals surface area contributed by atoms with Gasteiger partial charge >= 0.3 is 0 Å². The molecule has 2 aromatic rings. The molecule has 1 atom stereocenters. The Kier molecular flexibility index (Phi) is 5.00. The van der Waals surface area contributed by atoms with E-state index in [1.165, 1.54) is 11.3 Å². The zero-order chi connectivity index (χ0) is 17.1. The summed E-state index contributed by atoms with van der Waals surface area (Å²) in [6.07, 6.45) is 2.44. The molecule has 0 radical (unpaired) electrons. The van der Waals surface area contributed by atoms with E-state index in [2.05, 4.69) is 12.2 Å². The van der Waals surface area contributed by atoms with Gasteiger partial charge < -0.3 is 10.2 Å². The molecule has 1 aliphatic heterocycles. The molecular formula is C19H22N2O2S. The second-order valence-corrected chi connectivity index (χ2v) is 7.03. The topological polar surface area (TPSA) is 49.4 Å². The molecule has 0 bridgehead atoms. The minimum atomic E-state index is -0.385. The second kappa shape index (κ2) is 7.18. The second-order valence-electron chi connectivity index (χ2n) is 6.09. The standard InChI is InChI=1S/C19H22N2O2S/c1-3-14-8-4-7-13(2)17(14)20-18(22)15-9-5-11-21(15)19(23)16-10-6-12-24-16/h4,6-8,10,12,15H,3,5,9,11H2,1-2H3,(H,20,22). The molecule has 1 unspecified atom stereocenters. The summed E-state index contributed by atoms with van der Waals surface area (Å²) in [5.41, 5.74) is 3.06. The van der Waals surface area contributed by atoms with Crippen LogP contribution < -0.4 is 5.32 Å². The highest BCUT2D eigenvalue weighted by molar-refractivity contribution is 7.12. The fourth-order valence-corrected chi connectivity index (χ4v) is 3.91. The van der Waals surface area contributed by atoms with E-state index in [1.807, 2.05) is 42.6 Å². The molecule has 2 heterocycles. The summed E-state index contributed by atoms with van der Waals surface area (Å²) in [5, 5.41) is 4.96. The lowest BCUT2D eigenvalue weighted by Gasteiger charge is -2.24. The lowest BCUT2D eigenvalue weighted by molar-refractivity contribution is -0.119. The van der Waals surface area contributed by atoms with E-state index in [0.29, 0.717) is 11.4 Å². The number of hydrogen-bond donors (Lipinski definition) is 1. The van der Waals surface area contributed by atoms with Crippen LogP contribution in [0.2, 0.25) is 0 Å². The van der Waals surface area contributed by atoms with E-state index >= 15 is 0 Å². The molecule has 0 saturated carbocycles. The molecule has 24 heavy (non-hydrogen) atoms. The largest absolute Gasteiger partial charge is 0.326 e. The molecule has 2 amide bonds. The Labute approximate surface area is 146 Å². The van der Waals surface area contributed by atoms with Crippen LogP contribution in [0.1, 0.15) is 40.6 Å². The number of nitrogens with one attached hydrogen (secondary N) is 1. The van der Waals surface area contributed by atoms with Crippen molar-refractivity contribution in [3.05, 3.63) is 51.7 Å². The summed E-state index contributed by atoms with van der Waals surface area (Å²) in [5.74, 6) is -0.121. The summed E-state index contributed by atoms with van der Waals surface area (Å²) >= 11 is 1.42. The van der Waals surface area contributed by atoms with Gasteiger partial charge in [-0.1, -0.05) is 31.2 Å². The third-order valence-corrected chi connectivity index (χ3v) is 5.39. The third-order valence-electron chi connectivity index (χ3n) is 4.54. The molecule has 0 spiro atoms. The Hall–Kier alpha value is -2.14. The van der Waals surface area contributed by atoms with Crippen molar-refractivity contribution in [3.63, 3.8) is 0 Å². The van der Waals surface area contributed by atoms with Crippen molar-refractivity contribution in [3.8, 4) is 0 Å². The van der Waals surface area contributed by atoms with Crippen molar-refractivity contribution in [1.29, 1.82) is 0 Å². The summed E-state index contributed by atoms with van der Waals surface area (Å²) < 4.78 is 0. The Morgan fingerprint density at radius 2 is 2.12 bits per heavy atom. The lowest BCUT2D eigenvalue weighted by atomic mass is 10.1. The van der Waals surface area contributed by atoms with Crippen molar-refractivity contribution >= 4 is 28.8 Å². The van der Waals surface area contributed by atoms with Crippen LogP contribution in [-0.4, -0.2) is 29.3 Å².